The Bertz CT molecular complexity index is 549. The van der Waals surface area contributed by atoms with Gasteiger partial charge in [-0.2, -0.15) is 13.2 Å². The first kappa shape index (κ1) is 16.0. The Labute approximate surface area is 126 Å². The van der Waals surface area contributed by atoms with Gasteiger partial charge in [0.2, 0.25) is 0 Å². The quantitative estimate of drug-likeness (QED) is 0.787. The second-order valence-corrected chi connectivity index (χ2v) is 5.91. The zero-order chi connectivity index (χ0) is 15.3. The average molecular weight is 313 g/mol. The Kier molecular flexibility index (Phi) is 5.42. The van der Waals surface area contributed by atoms with Crippen molar-refractivity contribution in [2.24, 2.45) is 0 Å². The molecule has 1 atom stereocenters. The van der Waals surface area contributed by atoms with Crippen molar-refractivity contribution in [1.82, 2.24) is 5.32 Å². The minimum absolute atomic E-state index is 0.318. The van der Waals surface area contributed by atoms with Crippen LogP contribution in [0.5, 0.6) is 0 Å². The van der Waals surface area contributed by atoms with Crippen LogP contribution >= 0.6 is 11.3 Å². The number of rotatable bonds is 6. The van der Waals surface area contributed by atoms with E-state index in [4.69, 9.17) is 0 Å². The van der Waals surface area contributed by atoms with Gasteiger partial charge >= 0.3 is 6.18 Å². The maximum atomic E-state index is 13.2. The van der Waals surface area contributed by atoms with E-state index in [0.717, 1.165) is 17.4 Å². The maximum Gasteiger partial charge on any atom is 0.416 e. The topological polar surface area (TPSA) is 12.0 Å². The predicted octanol–water partition coefficient (Wildman–Crippen LogP) is 5.05. The molecule has 0 spiro atoms. The number of thiophene rings is 1. The molecule has 2 rings (SSSR count). The summed E-state index contributed by atoms with van der Waals surface area (Å²) in [5.74, 6) is 0. The molecule has 2 aromatic rings. The van der Waals surface area contributed by atoms with Crippen LogP contribution < -0.4 is 5.32 Å². The number of nitrogens with one attached hydrogen (secondary N) is 1. The van der Waals surface area contributed by atoms with Crippen molar-refractivity contribution < 1.29 is 13.2 Å². The van der Waals surface area contributed by atoms with E-state index in [2.05, 4.69) is 5.32 Å². The summed E-state index contributed by atoms with van der Waals surface area (Å²) in [7, 11) is 0. The summed E-state index contributed by atoms with van der Waals surface area (Å²) in [6.07, 6.45) is -2.86. The molecular formula is C16H18F3NS. The van der Waals surface area contributed by atoms with Crippen molar-refractivity contribution in [3.63, 3.8) is 0 Å². The Morgan fingerprint density at radius 1 is 1.14 bits per heavy atom. The van der Waals surface area contributed by atoms with Gasteiger partial charge in [0.15, 0.2) is 0 Å². The second-order valence-electron chi connectivity index (χ2n) is 4.88. The zero-order valence-corrected chi connectivity index (χ0v) is 12.6. The third-order valence-corrected chi connectivity index (χ3v) is 4.17. The second kappa shape index (κ2) is 7.09. The molecular weight excluding hydrogens is 295 g/mol. The van der Waals surface area contributed by atoms with E-state index in [1.165, 1.54) is 6.07 Å². The molecule has 1 aromatic heterocycles. The Morgan fingerprint density at radius 3 is 2.52 bits per heavy atom. The van der Waals surface area contributed by atoms with Crippen LogP contribution in [0.3, 0.4) is 0 Å². The Morgan fingerprint density at radius 2 is 1.90 bits per heavy atom. The first-order valence-corrected chi connectivity index (χ1v) is 7.82. The lowest BCUT2D eigenvalue weighted by Gasteiger charge is -2.22. The van der Waals surface area contributed by atoms with Crippen molar-refractivity contribution in [2.45, 2.75) is 32.0 Å². The van der Waals surface area contributed by atoms with Crippen molar-refractivity contribution in [3.05, 3.63) is 57.8 Å². The van der Waals surface area contributed by atoms with Gasteiger partial charge in [-0.3, -0.25) is 0 Å². The highest BCUT2D eigenvalue weighted by Gasteiger charge is 2.34. The minimum Gasteiger partial charge on any atom is -0.310 e. The average Bonchev–Trinajstić information content (AvgIpc) is 2.95. The first-order chi connectivity index (χ1) is 10.0. The minimum atomic E-state index is -4.32. The molecule has 1 heterocycles. The lowest BCUT2D eigenvalue weighted by atomic mass is 9.96. The number of alkyl halides is 3. The molecule has 0 bridgehead atoms. The number of hydrogen-bond donors (Lipinski definition) is 1. The summed E-state index contributed by atoms with van der Waals surface area (Å²) in [5.41, 5.74) is -0.220. The van der Waals surface area contributed by atoms with Gasteiger partial charge in [-0.25, -0.2) is 0 Å². The standard InChI is InChI=1S/C16H18F3NS/c1-2-9-20-15(11-12-6-5-10-21-12)13-7-3-4-8-14(13)16(17,18)19/h3-8,10,15,20H,2,9,11H2,1H3. The normalized spacial score (nSPS) is 13.3. The zero-order valence-electron chi connectivity index (χ0n) is 11.8. The molecule has 1 nitrogen and oxygen atoms in total. The van der Waals surface area contributed by atoms with Crippen molar-refractivity contribution >= 4 is 11.3 Å². The molecule has 0 radical (unpaired) electrons. The van der Waals surface area contributed by atoms with E-state index in [9.17, 15) is 13.2 Å². The summed E-state index contributed by atoms with van der Waals surface area (Å²) in [5, 5.41) is 5.19. The SMILES string of the molecule is CCCNC(Cc1cccs1)c1ccccc1C(F)(F)F. The highest BCUT2D eigenvalue weighted by Crippen LogP contribution is 2.35. The number of hydrogen-bond acceptors (Lipinski definition) is 2. The molecule has 21 heavy (non-hydrogen) atoms. The molecule has 1 N–H and O–H groups in total. The summed E-state index contributed by atoms with van der Waals surface area (Å²) in [6.45, 7) is 2.70. The largest absolute Gasteiger partial charge is 0.416 e. The highest BCUT2D eigenvalue weighted by molar-refractivity contribution is 7.09. The summed E-state index contributed by atoms with van der Waals surface area (Å²) < 4.78 is 39.6. The smallest absolute Gasteiger partial charge is 0.310 e. The van der Waals surface area contributed by atoms with Gasteiger partial charge in [0, 0.05) is 17.3 Å². The monoisotopic (exact) mass is 313 g/mol. The molecule has 0 aliphatic rings. The summed E-state index contributed by atoms with van der Waals surface area (Å²) in [6, 6.07) is 9.40. The third kappa shape index (κ3) is 4.32. The van der Waals surface area contributed by atoms with Crippen LogP contribution in [0.25, 0.3) is 0 Å². The van der Waals surface area contributed by atoms with E-state index in [1.54, 1.807) is 23.5 Å². The fraction of sp³-hybridized carbons (Fsp3) is 0.375. The Balaban J connectivity index is 2.32. The number of benzene rings is 1. The summed E-state index contributed by atoms with van der Waals surface area (Å²) in [4.78, 5) is 1.08. The predicted molar refractivity (Wildman–Crippen MR) is 80.5 cm³/mol. The fourth-order valence-electron chi connectivity index (χ4n) is 2.30. The van der Waals surface area contributed by atoms with Gasteiger partial charge < -0.3 is 5.32 Å². The van der Waals surface area contributed by atoms with Gasteiger partial charge in [0.05, 0.1) is 5.56 Å². The number of halogens is 3. The first-order valence-electron chi connectivity index (χ1n) is 6.94. The van der Waals surface area contributed by atoms with E-state index in [0.29, 0.717) is 18.5 Å². The molecule has 0 aliphatic heterocycles. The van der Waals surface area contributed by atoms with Gasteiger partial charge in [-0.15, -0.1) is 11.3 Å². The van der Waals surface area contributed by atoms with Gasteiger partial charge in [-0.1, -0.05) is 31.2 Å². The maximum absolute atomic E-state index is 13.2. The van der Waals surface area contributed by atoms with Crippen LogP contribution in [-0.4, -0.2) is 6.54 Å². The van der Waals surface area contributed by atoms with Crippen LogP contribution in [0, 0.1) is 0 Å². The fourth-order valence-corrected chi connectivity index (χ4v) is 3.05. The molecule has 0 fully saturated rings. The van der Waals surface area contributed by atoms with Crippen molar-refractivity contribution in [1.29, 1.82) is 0 Å². The van der Waals surface area contributed by atoms with Gasteiger partial charge in [0.1, 0.15) is 0 Å². The van der Waals surface area contributed by atoms with Crippen LogP contribution in [0.15, 0.2) is 41.8 Å². The Hall–Kier alpha value is -1.33. The van der Waals surface area contributed by atoms with E-state index >= 15 is 0 Å². The summed E-state index contributed by atoms with van der Waals surface area (Å²) >= 11 is 1.57. The molecule has 0 amide bonds. The van der Waals surface area contributed by atoms with Crippen LogP contribution in [0.4, 0.5) is 13.2 Å². The van der Waals surface area contributed by atoms with Crippen LogP contribution in [-0.2, 0) is 12.6 Å². The lowest BCUT2D eigenvalue weighted by molar-refractivity contribution is -0.138. The molecule has 114 valence electrons. The third-order valence-electron chi connectivity index (χ3n) is 3.27. The van der Waals surface area contributed by atoms with Crippen molar-refractivity contribution in [2.75, 3.05) is 6.54 Å². The van der Waals surface area contributed by atoms with E-state index < -0.39 is 11.7 Å². The van der Waals surface area contributed by atoms with E-state index in [-0.39, 0.29) is 6.04 Å². The van der Waals surface area contributed by atoms with Crippen LogP contribution in [0.1, 0.15) is 35.4 Å². The van der Waals surface area contributed by atoms with E-state index in [1.807, 2.05) is 24.4 Å². The van der Waals surface area contributed by atoms with Gasteiger partial charge in [0.25, 0.3) is 0 Å². The molecule has 5 heteroatoms. The van der Waals surface area contributed by atoms with Crippen molar-refractivity contribution in [3.8, 4) is 0 Å². The van der Waals surface area contributed by atoms with Crippen LogP contribution in [0.2, 0.25) is 0 Å². The lowest BCUT2D eigenvalue weighted by Crippen LogP contribution is -2.26. The highest BCUT2D eigenvalue weighted by atomic mass is 32.1. The molecule has 1 unspecified atom stereocenters. The molecule has 0 aliphatic carbocycles. The molecule has 0 saturated carbocycles. The molecule has 1 aromatic carbocycles. The molecule has 0 saturated heterocycles. The van der Waals surface area contributed by atoms with Gasteiger partial charge in [-0.05, 0) is 36.0 Å².